The molecular weight excluding hydrogens is 196 g/mol. The van der Waals surface area contributed by atoms with E-state index in [-0.39, 0.29) is 5.75 Å². The van der Waals surface area contributed by atoms with Crippen LogP contribution in [0.15, 0.2) is 18.2 Å². The monoisotopic (exact) mass is 210 g/mol. The van der Waals surface area contributed by atoms with Gasteiger partial charge in [0.05, 0.1) is 12.8 Å². The molecule has 0 aliphatic carbocycles. The highest BCUT2D eigenvalue weighted by Crippen LogP contribution is 2.28. The molecule has 1 rings (SSSR count). The Labute approximate surface area is 87.9 Å². The number of methoxy groups -OCH3 is 1. The third-order valence-electron chi connectivity index (χ3n) is 2.00. The topological polar surface area (TPSA) is 84.6 Å². The van der Waals surface area contributed by atoms with Crippen LogP contribution in [0.1, 0.15) is 6.92 Å². The van der Waals surface area contributed by atoms with Crippen molar-refractivity contribution in [2.45, 2.75) is 13.0 Å². The van der Waals surface area contributed by atoms with Gasteiger partial charge in [0.25, 0.3) is 0 Å². The Bertz CT molecular complexity index is 366. The van der Waals surface area contributed by atoms with Crippen molar-refractivity contribution in [2.24, 2.45) is 5.73 Å². The van der Waals surface area contributed by atoms with Crippen molar-refractivity contribution >= 4 is 11.6 Å². The zero-order valence-corrected chi connectivity index (χ0v) is 8.65. The van der Waals surface area contributed by atoms with Crippen LogP contribution in [0.2, 0.25) is 0 Å². The van der Waals surface area contributed by atoms with Gasteiger partial charge in [-0.2, -0.15) is 0 Å². The van der Waals surface area contributed by atoms with E-state index in [1.807, 2.05) is 0 Å². The van der Waals surface area contributed by atoms with Crippen molar-refractivity contribution in [2.75, 3.05) is 12.4 Å². The summed E-state index contributed by atoms with van der Waals surface area (Å²) < 4.78 is 4.98. The van der Waals surface area contributed by atoms with Crippen LogP contribution in [0.5, 0.6) is 11.5 Å². The van der Waals surface area contributed by atoms with Crippen LogP contribution in [0.25, 0.3) is 0 Å². The zero-order valence-electron chi connectivity index (χ0n) is 8.65. The first-order valence-electron chi connectivity index (χ1n) is 4.47. The highest BCUT2D eigenvalue weighted by molar-refractivity contribution is 5.83. The minimum atomic E-state index is -0.553. The van der Waals surface area contributed by atoms with Crippen LogP contribution in [-0.2, 0) is 4.79 Å². The molecule has 5 heteroatoms. The van der Waals surface area contributed by atoms with Gasteiger partial charge in [0.1, 0.15) is 17.5 Å². The number of carbonyl (C=O) groups excluding carboxylic acids is 1. The Morgan fingerprint density at radius 3 is 2.80 bits per heavy atom. The van der Waals surface area contributed by atoms with E-state index in [1.165, 1.54) is 13.2 Å². The molecular formula is C10H14N2O3. The molecule has 1 atom stereocenters. The maximum atomic E-state index is 10.8. The largest absolute Gasteiger partial charge is 0.506 e. The van der Waals surface area contributed by atoms with Crippen LogP contribution in [0.3, 0.4) is 0 Å². The van der Waals surface area contributed by atoms with Crippen molar-refractivity contribution in [1.29, 1.82) is 0 Å². The lowest BCUT2D eigenvalue weighted by molar-refractivity contribution is -0.118. The first-order chi connectivity index (χ1) is 7.04. The molecule has 1 aromatic rings. The number of rotatable bonds is 4. The molecule has 0 fully saturated rings. The van der Waals surface area contributed by atoms with E-state index < -0.39 is 11.9 Å². The van der Waals surface area contributed by atoms with E-state index in [4.69, 9.17) is 10.5 Å². The fourth-order valence-electron chi connectivity index (χ4n) is 1.06. The highest BCUT2D eigenvalue weighted by Gasteiger charge is 2.11. The first kappa shape index (κ1) is 11.2. The molecule has 0 radical (unpaired) electrons. The molecule has 0 aliphatic rings. The summed E-state index contributed by atoms with van der Waals surface area (Å²) in [6.45, 7) is 1.61. The molecule has 1 aromatic carbocycles. The van der Waals surface area contributed by atoms with Gasteiger partial charge in [-0.15, -0.1) is 0 Å². The van der Waals surface area contributed by atoms with Crippen molar-refractivity contribution < 1.29 is 14.6 Å². The molecule has 0 aromatic heterocycles. The molecule has 0 saturated carbocycles. The third kappa shape index (κ3) is 2.77. The molecule has 0 aliphatic heterocycles. The van der Waals surface area contributed by atoms with Gasteiger partial charge in [-0.25, -0.2) is 0 Å². The van der Waals surface area contributed by atoms with Crippen LogP contribution in [0, 0.1) is 0 Å². The fraction of sp³-hybridized carbons (Fsp3) is 0.300. The maximum absolute atomic E-state index is 10.8. The Morgan fingerprint density at radius 2 is 2.27 bits per heavy atom. The van der Waals surface area contributed by atoms with Gasteiger partial charge in [-0.3, -0.25) is 4.79 Å². The quantitative estimate of drug-likeness (QED) is 0.638. The number of aromatic hydroxyl groups is 1. The summed E-state index contributed by atoms with van der Waals surface area (Å²) in [5, 5.41) is 12.3. The lowest BCUT2D eigenvalue weighted by atomic mass is 10.2. The van der Waals surface area contributed by atoms with Gasteiger partial charge >= 0.3 is 0 Å². The SMILES string of the molecule is COc1ccc(O)c(N[C@@H](C)C(N)=O)c1. The number of ether oxygens (including phenoxy) is 1. The number of anilines is 1. The first-order valence-corrected chi connectivity index (χ1v) is 4.47. The number of carbonyl (C=O) groups is 1. The second-order valence-electron chi connectivity index (χ2n) is 3.15. The summed E-state index contributed by atoms with van der Waals surface area (Å²) >= 11 is 0. The van der Waals surface area contributed by atoms with Gasteiger partial charge < -0.3 is 20.9 Å². The summed E-state index contributed by atoms with van der Waals surface area (Å²) in [6, 6.07) is 4.14. The summed E-state index contributed by atoms with van der Waals surface area (Å²) in [7, 11) is 1.52. The molecule has 15 heavy (non-hydrogen) atoms. The predicted octanol–water partition coefficient (Wildman–Crippen LogP) is 0.687. The number of nitrogens with one attached hydrogen (secondary N) is 1. The summed E-state index contributed by atoms with van der Waals surface area (Å²) in [4.78, 5) is 10.8. The van der Waals surface area contributed by atoms with E-state index in [2.05, 4.69) is 5.32 Å². The smallest absolute Gasteiger partial charge is 0.239 e. The van der Waals surface area contributed by atoms with Crippen molar-refractivity contribution in [3.8, 4) is 11.5 Å². The normalized spacial score (nSPS) is 11.9. The van der Waals surface area contributed by atoms with Crippen LogP contribution >= 0.6 is 0 Å². The predicted molar refractivity (Wildman–Crippen MR) is 56.9 cm³/mol. The van der Waals surface area contributed by atoms with Gasteiger partial charge in [-0.1, -0.05) is 0 Å². The molecule has 82 valence electrons. The lowest BCUT2D eigenvalue weighted by Gasteiger charge is -2.13. The minimum absolute atomic E-state index is 0.0453. The van der Waals surface area contributed by atoms with E-state index in [0.717, 1.165) is 0 Å². The van der Waals surface area contributed by atoms with Crippen LogP contribution in [0.4, 0.5) is 5.69 Å². The third-order valence-corrected chi connectivity index (χ3v) is 2.00. The summed E-state index contributed by atoms with van der Waals surface area (Å²) in [6.07, 6.45) is 0. The molecule has 0 bridgehead atoms. The zero-order chi connectivity index (χ0) is 11.4. The summed E-state index contributed by atoms with van der Waals surface area (Å²) in [5.74, 6) is 0.146. The van der Waals surface area contributed by atoms with E-state index in [0.29, 0.717) is 11.4 Å². The van der Waals surface area contributed by atoms with Crippen molar-refractivity contribution in [3.63, 3.8) is 0 Å². The Balaban J connectivity index is 2.88. The van der Waals surface area contributed by atoms with Crippen LogP contribution in [-0.4, -0.2) is 24.2 Å². The fourth-order valence-corrected chi connectivity index (χ4v) is 1.06. The second kappa shape index (κ2) is 4.54. The Morgan fingerprint density at radius 1 is 1.60 bits per heavy atom. The molecule has 0 saturated heterocycles. The number of hydrogen-bond acceptors (Lipinski definition) is 4. The number of phenolic OH excluding ortho intramolecular Hbond substituents is 1. The standard InChI is InChI=1S/C10H14N2O3/c1-6(10(11)14)12-8-5-7(15-2)3-4-9(8)13/h3-6,12-13H,1-2H3,(H2,11,14)/t6-/m0/s1. The van der Waals surface area contributed by atoms with Gasteiger partial charge in [0.2, 0.25) is 5.91 Å². The number of hydrogen-bond donors (Lipinski definition) is 3. The molecule has 0 unspecified atom stereocenters. The Hall–Kier alpha value is -1.91. The molecule has 0 heterocycles. The Kier molecular flexibility index (Phi) is 3.38. The molecule has 5 nitrogen and oxygen atoms in total. The van der Waals surface area contributed by atoms with Gasteiger partial charge in [-0.05, 0) is 19.1 Å². The van der Waals surface area contributed by atoms with E-state index in [9.17, 15) is 9.90 Å². The molecule has 4 N–H and O–H groups in total. The van der Waals surface area contributed by atoms with E-state index in [1.54, 1.807) is 19.1 Å². The number of nitrogens with two attached hydrogens (primary N) is 1. The van der Waals surface area contributed by atoms with E-state index >= 15 is 0 Å². The maximum Gasteiger partial charge on any atom is 0.239 e. The number of phenols is 1. The summed E-state index contributed by atoms with van der Waals surface area (Å²) in [5.41, 5.74) is 5.51. The second-order valence-corrected chi connectivity index (χ2v) is 3.15. The minimum Gasteiger partial charge on any atom is -0.506 e. The number of amides is 1. The van der Waals surface area contributed by atoms with Crippen LogP contribution < -0.4 is 15.8 Å². The highest BCUT2D eigenvalue weighted by atomic mass is 16.5. The molecule has 0 spiro atoms. The lowest BCUT2D eigenvalue weighted by Crippen LogP contribution is -2.32. The number of primary amides is 1. The molecule has 1 amide bonds. The number of benzene rings is 1. The van der Waals surface area contributed by atoms with Crippen molar-refractivity contribution in [3.05, 3.63) is 18.2 Å². The van der Waals surface area contributed by atoms with Gasteiger partial charge in [0.15, 0.2) is 0 Å². The average molecular weight is 210 g/mol. The average Bonchev–Trinajstić information content (AvgIpc) is 2.21. The van der Waals surface area contributed by atoms with Crippen molar-refractivity contribution in [1.82, 2.24) is 0 Å². The van der Waals surface area contributed by atoms with Gasteiger partial charge in [0, 0.05) is 6.07 Å².